The Bertz CT molecular complexity index is 422. The van der Waals surface area contributed by atoms with Crippen LogP contribution in [0.4, 0.5) is 0 Å². The van der Waals surface area contributed by atoms with E-state index >= 15 is 0 Å². The zero-order valence-corrected chi connectivity index (χ0v) is 8.54. The molecule has 0 bridgehead atoms. The van der Waals surface area contributed by atoms with Gasteiger partial charge in [-0.25, -0.2) is 4.98 Å². The van der Waals surface area contributed by atoms with Crippen LogP contribution >= 0.6 is 0 Å². The third-order valence-corrected chi connectivity index (χ3v) is 2.36. The predicted octanol–water partition coefficient (Wildman–Crippen LogP) is 0.453. The first kappa shape index (κ1) is 9.79. The third kappa shape index (κ3) is 2.19. The number of aryl methyl sites for hydroxylation is 1. The summed E-state index contributed by atoms with van der Waals surface area (Å²) in [6, 6.07) is 1.79. The molecule has 78 valence electrons. The Hall–Kier alpha value is -1.75. The van der Waals surface area contributed by atoms with Crippen LogP contribution in [0.1, 0.15) is 17.4 Å². The lowest BCUT2D eigenvalue weighted by Crippen LogP contribution is -2.16. The van der Waals surface area contributed by atoms with Crippen LogP contribution in [0, 0.1) is 0 Å². The highest BCUT2D eigenvalue weighted by Crippen LogP contribution is 2.12. The van der Waals surface area contributed by atoms with E-state index in [0.717, 1.165) is 11.4 Å². The highest BCUT2D eigenvalue weighted by atomic mass is 15.1. The monoisotopic (exact) mass is 203 g/mol. The van der Waals surface area contributed by atoms with Crippen LogP contribution in [-0.2, 0) is 13.5 Å². The first-order valence-corrected chi connectivity index (χ1v) is 4.76. The first-order chi connectivity index (χ1) is 7.27. The van der Waals surface area contributed by atoms with Gasteiger partial charge in [0, 0.05) is 38.1 Å². The third-order valence-electron chi connectivity index (χ3n) is 2.36. The summed E-state index contributed by atoms with van der Waals surface area (Å²) in [5.41, 5.74) is 7.01. The van der Waals surface area contributed by atoms with Crippen molar-refractivity contribution in [1.29, 1.82) is 0 Å². The average molecular weight is 203 g/mol. The van der Waals surface area contributed by atoms with Crippen LogP contribution in [0.3, 0.4) is 0 Å². The molecule has 0 fully saturated rings. The molecular formula is C10H13N5. The molecule has 5 heteroatoms. The van der Waals surface area contributed by atoms with Gasteiger partial charge in [-0.15, -0.1) is 0 Å². The minimum Gasteiger partial charge on any atom is -0.338 e. The summed E-state index contributed by atoms with van der Waals surface area (Å²) in [5.74, 6) is 0.972. The standard InChI is InChI=1S/C10H13N5/c1-15-5-4-12-10(15)6-9(11)8-2-3-13-14-7-8/h2-5,7,9H,6,11H2,1H3. The van der Waals surface area contributed by atoms with E-state index in [9.17, 15) is 0 Å². The lowest BCUT2D eigenvalue weighted by molar-refractivity contribution is 0.655. The molecule has 1 unspecified atom stereocenters. The molecule has 2 rings (SSSR count). The number of aromatic nitrogens is 4. The van der Waals surface area contributed by atoms with Gasteiger partial charge in [-0.2, -0.15) is 10.2 Å². The average Bonchev–Trinajstić information content (AvgIpc) is 2.66. The lowest BCUT2D eigenvalue weighted by atomic mass is 10.1. The molecule has 0 aromatic carbocycles. The van der Waals surface area contributed by atoms with Crippen molar-refractivity contribution in [2.75, 3.05) is 0 Å². The second-order valence-electron chi connectivity index (χ2n) is 3.44. The molecule has 0 saturated carbocycles. The molecule has 2 aromatic rings. The fourth-order valence-corrected chi connectivity index (χ4v) is 1.43. The highest BCUT2D eigenvalue weighted by molar-refractivity contribution is 5.13. The maximum atomic E-state index is 6.03. The Morgan fingerprint density at radius 1 is 1.40 bits per heavy atom. The lowest BCUT2D eigenvalue weighted by Gasteiger charge is -2.10. The van der Waals surface area contributed by atoms with Gasteiger partial charge in [-0.1, -0.05) is 0 Å². The van der Waals surface area contributed by atoms with Gasteiger partial charge in [-0.3, -0.25) is 0 Å². The fourth-order valence-electron chi connectivity index (χ4n) is 1.43. The highest BCUT2D eigenvalue weighted by Gasteiger charge is 2.09. The smallest absolute Gasteiger partial charge is 0.110 e. The maximum absolute atomic E-state index is 6.03. The summed E-state index contributed by atoms with van der Waals surface area (Å²) >= 11 is 0. The van der Waals surface area contributed by atoms with Crippen molar-refractivity contribution in [2.45, 2.75) is 12.5 Å². The summed E-state index contributed by atoms with van der Waals surface area (Å²) in [5, 5.41) is 7.52. The summed E-state index contributed by atoms with van der Waals surface area (Å²) < 4.78 is 1.97. The van der Waals surface area contributed by atoms with E-state index in [4.69, 9.17) is 5.73 Å². The van der Waals surface area contributed by atoms with Crippen molar-refractivity contribution in [2.24, 2.45) is 12.8 Å². The van der Waals surface area contributed by atoms with E-state index in [-0.39, 0.29) is 6.04 Å². The Balaban J connectivity index is 2.11. The normalized spacial score (nSPS) is 12.7. The van der Waals surface area contributed by atoms with Crippen LogP contribution < -0.4 is 5.73 Å². The molecule has 5 nitrogen and oxygen atoms in total. The quantitative estimate of drug-likeness (QED) is 0.786. The van der Waals surface area contributed by atoms with E-state index < -0.39 is 0 Å². The number of hydrogen-bond donors (Lipinski definition) is 1. The van der Waals surface area contributed by atoms with E-state index in [1.54, 1.807) is 18.6 Å². The van der Waals surface area contributed by atoms with Crippen molar-refractivity contribution in [1.82, 2.24) is 19.7 Å². The Morgan fingerprint density at radius 2 is 2.27 bits per heavy atom. The van der Waals surface area contributed by atoms with Crippen LogP contribution in [0.2, 0.25) is 0 Å². The zero-order valence-electron chi connectivity index (χ0n) is 8.54. The Kier molecular flexibility index (Phi) is 2.73. The fraction of sp³-hybridized carbons (Fsp3) is 0.300. The van der Waals surface area contributed by atoms with Crippen molar-refractivity contribution in [3.63, 3.8) is 0 Å². The van der Waals surface area contributed by atoms with E-state index in [2.05, 4.69) is 15.2 Å². The molecule has 15 heavy (non-hydrogen) atoms. The molecule has 0 amide bonds. The van der Waals surface area contributed by atoms with Crippen molar-refractivity contribution in [3.8, 4) is 0 Å². The topological polar surface area (TPSA) is 69.6 Å². The summed E-state index contributed by atoms with van der Waals surface area (Å²) in [6.45, 7) is 0. The van der Waals surface area contributed by atoms with Gasteiger partial charge in [-0.05, 0) is 11.6 Å². The van der Waals surface area contributed by atoms with Crippen LogP contribution in [-0.4, -0.2) is 19.7 Å². The summed E-state index contributed by atoms with van der Waals surface area (Å²) in [6.07, 6.45) is 7.72. The van der Waals surface area contributed by atoms with Gasteiger partial charge in [0.15, 0.2) is 0 Å². The van der Waals surface area contributed by atoms with Gasteiger partial charge in [0.1, 0.15) is 5.82 Å². The van der Waals surface area contributed by atoms with Crippen molar-refractivity contribution >= 4 is 0 Å². The molecule has 2 aromatic heterocycles. The van der Waals surface area contributed by atoms with Gasteiger partial charge in [0.05, 0.1) is 6.20 Å². The molecule has 1 atom stereocenters. The molecule has 2 N–H and O–H groups in total. The second-order valence-corrected chi connectivity index (χ2v) is 3.44. The molecule has 0 spiro atoms. The van der Waals surface area contributed by atoms with E-state index in [1.807, 2.05) is 23.9 Å². The van der Waals surface area contributed by atoms with Crippen LogP contribution in [0.15, 0.2) is 30.9 Å². The molecule has 0 aliphatic rings. The van der Waals surface area contributed by atoms with Crippen LogP contribution in [0.5, 0.6) is 0 Å². The molecule has 0 radical (unpaired) electrons. The minimum absolute atomic E-state index is 0.0819. The number of imidazole rings is 1. The van der Waals surface area contributed by atoms with E-state index in [0.29, 0.717) is 6.42 Å². The number of rotatable bonds is 3. The number of nitrogens with zero attached hydrogens (tertiary/aromatic N) is 4. The molecular weight excluding hydrogens is 190 g/mol. The first-order valence-electron chi connectivity index (χ1n) is 4.76. The SMILES string of the molecule is Cn1ccnc1CC(N)c1ccnnc1. The molecule has 2 heterocycles. The van der Waals surface area contributed by atoms with Gasteiger partial charge < -0.3 is 10.3 Å². The minimum atomic E-state index is -0.0819. The number of hydrogen-bond acceptors (Lipinski definition) is 4. The predicted molar refractivity (Wildman–Crippen MR) is 55.9 cm³/mol. The van der Waals surface area contributed by atoms with E-state index in [1.165, 1.54) is 0 Å². The summed E-state index contributed by atoms with van der Waals surface area (Å²) in [4.78, 5) is 4.23. The molecule has 0 aliphatic carbocycles. The second kappa shape index (κ2) is 4.18. The van der Waals surface area contributed by atoms with Crippen LogP contribution in [0.25, 0.3) is 0 Å². The largest absolute Gasteiger partial charge is 0.338 e. The Morgan fingerprint density at radius 3 is 2.87 bits per heavy atom. The Labute approximate surface area is 88.0 Å². The summed E-state index contributed by atoms with van der Waals surface area (Å²) in [7, 11) is 1.96. The van der Waals surface area contributed by atoms with Gasteiger partial charge in [0.25, 0.3) is 0 Å². The zero-order chi connectivity index (χ0) is 10.7. The van der Waals surface area contributed by atoms with Crippen molar-refractivity contribution in [3.05, 3.63) is 42.2 Å². The van der Waals surface area contributed by atoms with Crippen molar-refractivity contribution < 1.29 is 0 Å². The number of nitrogens with two attached hydrogens (primary N) is 1. The maximum Gasteiger partial charge on any atom is 0.110 e. The van der Waals surface area contributed by atoms with Gasteiger partial charge in [0.2, 0.25) is 0 Å². The molecule has 0 aliphatic heterocycles. The van der Waals surface area contributed by atoms with Gasteiger partial charge >= 0.3 is 0 Å². The molecule has 0 saturated heterocycles.